The van der Waals surface area contributed by atoms with Gasteiger partial charge in [0.1, 0.15) is 0 Å². The number of ketones is 2. The van der Waals surface area contributed by atoms with Gasteiger partial charge < -0.3 is 19.7 Å². The molecule has 0 unspecified atom stereocenters. The topological polar surface area (TPSA) is 84.9 Å². The largest absolute Gasteiger partial charge is 0.490 e. The zero-order valence-corrected chi connectivity index (χ0v) is 29.4. The summed E-state index contributed by atoms with van der Waals surface area (Å²) in [5.41, 5.74) is 5.40. The van der Waals surface area contributed by atoms with Crippen LogP contribution < -0.4 is 14.8 Å². The highest BCUT2D eigenvalue weighted by Gasteiger charge is 2.48. The number of allylic oxidation sites excluding steroid dienone is 4. The number of nitrogens with one attached hydrogen (secondary N) is 1. The molecule has 9 heteroatoms. The third-order valence-corrected chi connectivity index (χ3v) is 9.86. The van der Waals surface area contributed by atoms with Gasteiger partial charge in [-0.15, -0.1) is 0 Å². The molecule has 5 rings (SSSR count). The zero-order valence-electron chi connectivity index (χ0n) is 26.5. The third kappa shape index (κ3) is 6.43. The normalized spacial score (nSPS) is 19.5. The van der Waals surface area contributed by atoms with Gasteiger partial charge in [0, 0.05) is 59.1 Å². The van der Waals surface area contributed by atoms with Gasteiger partial charge in [0.25, 0.3) is 5.91 Å². The lowest BCUT2D eigenvalue weighted by Crippen LogP contribution is -2.43. The van der Waals surface area contributed by atoms with E-state index in [1.54, 1.807) is 12.1 Å². The first-order chi connectivity index (χ1) is 20.6. The van der Waals surface area contributed by atoms with E-state index in [1.807, 2.05) is 39.1 Å². The number of carbonyl (C=O) groups is 3. The van der Waals surface area contributed by atoms with Gasteiger partial charge >= 0.3 is 0 Å². The molecule has 1 amide bonds. The summed E-state index contributed by atoms with van der Waals surface area (Å²) in [6.07, 6.45) is 2.36. The second-order valence-corrected chi connectivity index (χ2v) is 15.2. The fraction of sp³-hybridized carbons (Fsp3) is 0.457. The molecule has 1 aliphatic heterocycles. The number of nitrogens with zero attached hydrogens (tertiary/aromatic N) is 1. The van der Waals surface area contributed by atoms with Crippen LogP contribution in [-0.2, 0) is 14.4 Å². The number of amides is 1. The van der Waals surface area contributed by atoms with Crippen molar-refractivity contribution in [1.29, 1.82) is 0 Å². The van der Waals surface area contributed by atoms with Crippen LogP contribution in [0, 0.1) is 21.3 Å². The van der Waals surface area contributed by atoms with E-state index in [9.17, 15) is 14.4 Å². The first kappa shape index (κ1) is 32.5. The summed E-state index contributed by atoms with van der Waals surface area (Å²) in [5, 5.41) is 3.39. The van der Waals surface area contributed by atoms with E-state index in [0.29, 0.717) is 52.8 Å². The summed E-state index contributed by atoms with van der Waals surface area (Å²) >= 11 is 8.39. The van der Waals surface area contributed by atoms with Crippen molar-refractivity contribution >= 4 is 57.4 Å². The molecule has 1 N–H and O–H groups in total. The first-order valence-electron chi connectivity index (χ1n) is 15.0. The van der Waals surface area contributed by atoms with Crippen LogP contribution in [0.5, 0.6) is 11.5 Å². The monoisotopic (exact) mass is 730 g/mol. The number of benzene rings is 2. The van der Waals surface area contributed by atoms with Gasteiger partial charge in [0.05, 0.1) is 10.2 Å². The van der Waals surface area contributed by atoms with Gasteiger partial charge in [0.15, 0.2) is 29.7 Å². The van der Waals surface area contributed by atoms with Crippen LogP contribution in [-0.4, -0.2) is 42.6 Å². The van der Waals surface area contributed by atoms with E-state index in [4.69, 9.17) is 21.1 Å². The molecule has 1 heterocycles. The lowest BCUT2D eigenvalue weighted by Gasteiger charge is -2.48. The Morgan fingerprint density at radius 2 is 1.57 bits per heavy atom. The highest BCUT2D eigenvalue weighted by Crippen LogP contribution is 2.54. The summed E-state index contributed by atoms with van der Waals surface area (Å²) in [7, 11) is 2.01. The number of hydrogen-bond donors (Lipinski definition) is 1. The minimum absolute atomic E-state index is 0.0819. The van der Waals surface area contributed by atoms with Crippen LogP contribution in [0.25, 0.3) is 0 Å². The minimum atomic E-state index is -0.486. The Balaban J connectivity index is 1.53. The van der Waals surface area contributed by atoms with Gasteiger partial charge in [-0.05, 0) is 95.5 Å². The first-order valence-corrected chi connectivity index (χ1v) is 16.5. The Labute approximate surface area is 278 Å². The van der Waals surface area contributed by atoms with Crippen LogP contribution in [0.15, 0.2) is 52.9 Å². The van der Waals surface area contributed by atoms with Crippen LogP contribution >= 0.6 is 34.2 Å². The number of ether oxygens (including phenoxy) is 2. The predicted molar refractivity (Wildman–Crippen MR) is 181 cm³/mol. The maximum absolute atomic E-state index is 13.9. The van der Waals surface area contributed by atoms with Crippen LogP contribution in [0.4, 0.5) is 5.69 Å². The Kier molecular flexibility index (Phi) is 8.99. The molecule has 3 aliphatic rings. The number of Topliss-reactive ketones (excluding diaryl/α,β-unsaturated/α-hetero) is 2. The van der Waals surface area contributed by atoms with Gasteiger partial charge in [-0.2, -0.15) is 0 Å². The van der Waals surface area contributed by atoms with E-state index in [-0.39, 0.29) is 34.9 Å². The Bertz CT molecular complexity index is 1570. The second kappa shape index (κ2) is 12.2. The van der Waals surface area contributed by atoms with Crippen molar-refractivity contribution < 1.29 is 23.9 Å². The van der Waals surface area contributed by atoms with E-state index >= 15 is 0 Å². The smallest absolute Gasteiger partial charge is 0.262 e. The average Bonchev–Trinajstić information content (AvgIpc) is 2.90. The maximum Gasteiger partial charge on any atom is 0.262 e. The fourth-order valence-corrected chi connectivity index (χ4v) is 7.62. The van der Waals surface area contributed by atoms with Crippen molar-refractivity contribution in [2.75, 3.05) is 25.6 Å². The second-order valence-electron chi connectivity index (χ2n) is 13.7. The molecule has 2 aliphatic carbocycles. The van der Waals surface area contributed by atoms with E-state index in [1.165, 1.54) is 0 Å². The van der Waals surface area contributed by atoms with E-state index < -0.39 is 5.92 Å². The molecule has 0 saturated carbocycles. The molecule has 0 spiro atoms. The number of rotatable bonds is 7. The van der Waals surface area contributed by atoms with Gasteiger partial charge in [-0.3, -0.25) is 14.4 Å². The zero-order chi connectivity index (χ0) is 32.1. The number of anilines is 1. The lowest BCUT2D eigenvalue weighted by molar-refractivity contribution is -0.120. The molecule has 234 valence electrons. The Morgan fingerprint density at radius 3 is 2.11 bits per heavy atom. The van der Waals surface area contributed by atoms with Crippen molar-refractivity contribution in [2.45, 2.75) is 73.1 Å². The quantitative estimate of drug-likeness (QED) is 0.291. The van der Waals surface area contributed by atoms with Crippen molar-refractivity contribution in [3.05, 3.63) is 72.6 Å². The van der Waals surface area contributed by atoms with Crippen molar-refractivity contribution in [3.8, 4) is 11.5 Å². The minimum Gasteiger partial charge on any atom is -0.490 e. The summed E-state index contributed by atoms with van der Waals surface area (Å²) < 4.78 is 12.8. The van der Waals surface area contributed by atoms with Gasteiger partial charge in [-0.1, -0.05) is 45.4 Å². The van der Waals surface area contributed by atoms with Crippen LogP contribution in [0.1, 0.15) is 77.3 Å². The molecule has 0 saturated heterocycles. The van der Waals surface area contributed by atoms with Crippen LogP contribution in [0.3, 0.4) is 0 Å². The Morgan fingerprint density at radius 1 is 0.977 bits per heavy atom. The van der Waals surface area contributed by atoms with Crippen molar-refractivity contribution in [3.63, 3.8) is 0 Å². The summed E-state index contributed by atoms with van der Waals surface area (Å²) in [6.45, 7) is 12.4. The summed E-state index contributed by atoms with van der Waals surface area (Å²) in [4.78, 5) is 42.7. The number of carbonyl (C=O) groups excluding carboxylic acids is 3. The highest BCUT2D eigenvalue weighted by molar-refractivity contribution is 14.1. The maximum atomic E-state index is 13.9. The molecule has 0 bridgehead atoms. The van der Waals surface area contributed by atoms with Gasteiger partial charge in [-0.25, -0.2) is 0 Å². The molecule has 7 nitrogen and oxygen atoms in total. The highest BCUT2D eigenvalue weighted by atomic mass is 127. The molecular formula is C35H40ClIN2O5. The lowest BCUT2D eigenvalue weighted by atomic mass is 9.64. The van der Waals surface area contributed by atoms with Crippen molar-refractivity contribution in [1.82, 2.24) is 4.90 Å². The van der Waals surface area contributed by atoms with Crippen molar-refractivity contribution in [2.24, 2.45) is 10.8 Å². The van der Waals surface area contributed by atoms with Gasteiger partial charge in [0.2, 0.25) is 0 Å². The molecule has 0 atom stereocenters. The molecule has 0 aromatic heterocycles. The summed E-state index contributed by atoms with van der Waals surface area (Å²) in [6, 6.07) is 9.17. The standard InChI is InChI=1S/C35H40ClIN2O5/c1-8-43-28-12-20(11-23(37)33(28)44-18-29(42)38-21-10-9-19(2)22(36)13-21)30-31-24(14-34(3,4)16-26(31)40)39(7)25-15-35(5,6)17-27(41)32(25)30/h9-13,30H,8,14-18H2,1-7H3,(H,38,42). The number of hydrogen-bond acceptors (Lipinski definition) is 6. The molecule has 2 aromatic carbocycles. The third-order valence-electron chi connectivity index (χ3n) is 8.65. The van der Waals surface area contributed by atoms with E-state index in [2.05, 4.69) is 60.5 Å². The molecule has 2 aromatic rings. The number of halogens is 2. The molecule has 0 radical (unpaired) electrons. The molecular weight excluding hydrogens is 691 g/mol. The fourth-order valence-electron chi connectivity index (χ4n) is 6.66. The van der Waals surface area contributed by atoms with E-state index in [0.717, 1.165) is 38.9 Å². The Hall–Kier alpha value is -2.85. The number of aryl methyl sites for hydroxylation is 1. The molecule has 44 heavy (non-hydrogen) atoms. The average molecular weight is 731 g/mol. The summed E-state index contributed by atoms with van der Waals surface area (Å²) in [5.74, 6) is 0.252. The molecule has 0 fully saturated rings. The predicted octanol–water partition coefficient (Wildman–Crippen LogP) is 7.98. The SMILES string of the molecule is CCOc1cc(C2C3=C(CC(C)(C)CC3=O)N(C)C3=C2C(=O)CC(C)(C)C3)cc(I)c1OCC(=O)Nc1ccc(C)c(Cl)c1. The van der Waals surface area contributed by atoms with Crippen LogP contribution in [0.2, 0.25) is 5.02 Å².